The van der Waals surface area contributed by atoms with Crippen LogP contribution in [-0.4, -0.2) is 40.8 Å². The Morgan fingerprint density at radius 3 is 2.36 bits per heavy atom. The van der Waals surface area contributed by atoms with E-state index in [1.807, 2.05) is 6.07 Å². The van der Waals surface area contributed by atoms with Crippen LogP contribution in [0, 0.1) is 0 Å². The molecular weight excluding hydrogens is 376 g/mol. The number of hydrogen-bond donors (Lipinski definition) is 1. The molecule has 4 amide bonds. The fourth-order valence-electron chi connectivity index (χ4n) is 3.57. The van der Waals surface area contributed by atoms with Crippen LogP contribution < -0.4 is 10.2 Å². The Morgan fingerprint density at radius 1 is 1.00 bits per heavy atom. The number of carbonyl (C=O) groups excluding carboxylic acids is 3. The van der Waals surface area contributed by atoms with Gasteiger partial charge in [-0.05, 0) is 43.2 Å². The van der Waals surface area contributed by atoms with Crippen LogP contribution in [0.1, 0.15) is 33.6 Å². The van der Waals surface area contributed by atoms with E-state index in [2.05, 4.69) is 10.3 Å². The van der Waals surface area contributed by atoms with Gasteiger partial charge in [0.15, 0.2) is 0 Å². The molecule has 8 heteroatoms. The van der Waals surface area contributed by atoms with Crippen molar-refractivity contribution in [3.8, 4) is 0 Å². The summed E-state index contributed by atoms with van der Waals surface area (Å²) in [4.78, 5) is 45.0. The van der Waals surface area contributed by atoms with Crippen molar-refractivity contribution in [2.24, 2.45) is 0 Å². The molecular formula is C20H16N4O3S. The van der Waals surface area contributed by atoms with Crippen molar-refractivity contribution in [3.05, 3.63) is 53.6 Å². The van der Waals surface area contributed by atoms with E-state index in [-0.39, 0.29) is 17.8 Å². The van der Waals surface area contributed by atoms with Crippen LogP contribution in [0.5, 0.6) is 0 Å². The summed E-state index contributed by atoms with van der Waals surface area (Å²) in [6, 6.07) is 12.0. The molecule has 5 rings (SSSR count). The molecule has 1 fully saturated rings. The number of hydrogen-bond acceptors (Lipinski definition) is 5. The van der Waals surface area contributed by atoms with E-state index < -0.39 is 0 Å². The van der Waals surface area contributed by atoms with Gasteiger partial charge in [0.25, 0.3) is 11.8 Å². The van der Waals surface area contributed by atoms with Crippen LogP contribution in [-0.2, 0) is 0 Å². The zero-order valence-electron chi connectivity index (χ0n) is 14.8. The average molecular weight is 392 g/mol. The first-order valence-corrected chi connectivity index (χ1v) is 9.88. The summed E-state index contributed by atoms with van der Waals surface area (Å²) in [5.74, 6) is -0.718. The molecule has 7 nitrogen and oxygen atoms in total. The number of thiazole rings is 1. The van der Waals surface area contributed by atoms with Gasteiger partial charge in [0.05, 0.1) is 21.3 Å². The average Bonchev–Trinajstić information content (AvgIpc) is 3.41. The van der Waals surface area contributed by atoms with Gasteiger partial charge in [0.1, 0.15) is 0 Å². The van der Waals surface area contributed by atoms with Crippen molar-refractivity contribution in [2.45, 2.75) is 12.8 Å². The lowest BCUT2D eigenvalue weighted by molar-refractivity contribution is 0.0926. The number of likely N-dealkylation sites (tertiary alicyclic amines) is 1. The molecule has 2 aromatic carbocycles. The van der Waals surface area contributed by atoms with Crippen molar-refractivity contribution in [1.82, 2.24) is 9.88 Å². The Kier molecular flexibility index (Phi) is 3.87. The highest BCUT2D eigenvalue weighted by Crippen LogP contribution is 2.35. The number of rotatable bonds is 2. The van der Waals surface area contributed by atoms with E-state index >= 15 is 0 Å². The number of nitrogens with zero attached hydrogens (tertiary/aromatic N) is 3. The Balaban J connectivity index is 1.44. The molecule has 1 saturated heterocycles. The summed E-state index contributed by atoms with van der Waals surface area (Å²) in [5, 5.41) is 3.24. The normalized spacial score (nSPS) is 16.1. The highest BCUT2D eigenvalue weighted by molar-refractivity contribution is 7.22. The minimum atomic E-state index is -0.359. The van der Waals surface area contributed by atoms with Gasteiger partial charge in [-0.2, -0.15) is 0 Å². The zero-order valence-corrected chi connectivity index (χ0v) is 15.7. The largest absolute Gasteiger partial charge is 0.325 e. The van der Waals surface area contributed by atoms with Crippen molar-refractivity contribution < 1.29 is 14.4 Å². The predicted octanol–water partition coefficient (Wildman–Crippen LogP) is 3.72. The molecule has 140 valence electrons. The third-order valence-electron chi connectivity index (χ3n) is 5.01. The lowest BCUT2D eigenvalue weighted by atomic mass is 10.1. The first kappa shape index (κ1) is 16.9. The van der Waals surface area contributed by atoms with Gasteiger partial charge in [0, 0.05) is 18.8 Å². The first-order chi connectivity index (χ1) is 13.6. The summed E-state index contributed by atoms with van der Waals surface area (Å²) >= 11 is 1.25. The van der Waals surface area contributed by atoms with E-state index in [4.69, 9.17) is 0 Å². The van der Waals surface area contributed by atoms with Gasteiger partial charge in [0.2, 0.25) is 5.13 Å². The van der Waals surface area contributed by atoms with Gasteiger partial charge in [-0.3, -0.25) is 9.59 Å². The number of nitrogens with one attached hydrogen (secondary N) is 1. The van der Waals surface area contributed by atoms with Crippen LogP contribution in [0.4, 0.5) is 15.6 Å². The Hall–Kier alpha value is -3.26. The number of amides is 4. The summed E-state index contributed by atoms with van der Waals surface area (Å²) in [7, 11) is 0. The summed E-state index contributed by atoms with van der Waals surface area (Å²) in [6.45, 7) is 1.55. The lowest BCUT2D eigenvalue weighted by Crippen LogP contribution is -2.32. The van der Waals surface area contributed by atoms with Crippen LogP contribution in [0.15, 0.2) is 42.5 Å². The number of carbonyl (C=O) groups is 3. The number of fused-ring (bicyclic) bond motifs is 2. The van der Waals surface area contributed by atoms with Crippen LogP contribution in [0.3, 0.4) is 0 Å². The molecule has 2 aliphatic heterocycles. The second kappa shape index (κ2) is 6.42. The summed E-state index contributed by atoms with van der Waals surface area (Å²) in [6.07, 6.45) is 2.07. The lowest BCUT2D eigenvalue weighted by Gasteiger charge is -2.16. The van der Waals surface area contributed by atoms with Gasteiger partial charge in [-0.1, -0.05) is 23.5 Å². The number of aromatic nitrogens is 1. The number of anilines is 2. The van der Waals surface area contributed by atoms with Crippen LogP contribution >= 0.6 is 11.3 Å². The van der Waals surface area contributed by atoms with E-state index in [1.54, 1.807) is 41.3 Å². The second-order valence-corrected chi connectivity index (χ2v) is 7.80. The Morgan fingerprint density at radius 2 is 1.68 bits per heavy atom. The van der Waals surface area contributed by atoms with Crippen molar-refractivity contribution in [2.75, 3.05) is 23.3 Å². The topological polar surface area (TPSA) is 82.6 Å². The van der Waals surface area contributed by atoms with Crippen molar-refractivity contribution >= 4 is 50.2 Å². The molecule has 0 atom stereocenters. The molecule has 3 aromatic rings. The quantitative estimate of drug-likeness (QED) is 0.674. The minimum absolute atomic E-state index is 0.109. The van der Waals surface area contributed by atoms with E-state index in [0.29, 0.717) is 27.5 Å². The fourth-order valence-corrected chi connectivity index (χ4v) is 4.57. The molecule has 0 radical (unpaired) electrons. The second-order valence-electron chi connectivity index (χ2n) is 6.79. The third kappa shape index (κ3) is 2.65. The van der Waals surface area contributed by atoms with Crippen molar-refractivity contribution in [1.29, 1.82) is 0 Å². The Labute approximate surface area is 164 Å². The van der Waals surface area contributed by atoms with E-state index in [1.165, 1.54) is 11.3 Å². The van der Waals surface area contributed by atoms with Gasteiger partial charge < -0.3 is 10.2 Å². The molecule has 0 bridgehead atoms. The van der Waals surface area contributed by atoms with Crippen molar-refractivity contribution in [3.63, 3.8) is 0 Å². The fraction of sp³-hybridized carbons (Fsp3) is 0.200. The molecule has 28 heavy (non-hydrogen) atoms. The maximum Gasteiger partial charge on any atom is 0.321 e. The van der Waals surface area contributed by atoms with Gasteiger partial charge in [-0.15, -0.1) is 0 Å². The first-order valence-electron chi connectivity index (χ1n) is 9.06. The minimum Gasteiger partial charge on any atom is -0.325 e. The number of benzene rings is 2. The third-order valence-corrected chi connectivity index (χ3v) is 6.01. The highest BCUT2D eigenvalue weighted by atomic mass is 32.1. The molecule has 2 aliphatic rings. The summed E-state index contributed by atoms with van der Waals surface area (Å²) < 4.78 is 0.797. The molecule has 1 N–H and O–H groups in total. The number of imide groups is 1. The maximum absolute atomic E-state index is 12.7. The predicted molar refractivity (Wildman–Crippen MR) is 107 cm³/mol. The molecule has 1 aromatic heterocycles. The number of urea groups is 1. The van der Waals surface area contributed by atoms with Gasteiger partial charge >= 0.3 is 6.03 Å². The standard InChI is InChI=1S/C20H16N4O3S/c25-17-13-5-1-2-6-14(13)18(26)24(17)20-22-15-8-7-12(11-16(15)28-20)21-19(27)23-9-3-4-10-23/h1-2,5-8,11H,3-4,9-10H2,(H,21,27). The van der Waals surface area contributed by atoms with E-state index in [9.17, 15) is 14.4 Å². The van der Waals surface area contributed by atoms with Crippen LogP contribution in [0.2, 0.25) is 0 Å². The summed E-state index contributed by atoms with van der Waals surface area (Å²) in [5.41, 5.74) is 2.13. The molecule has 0 aliphatic carbocycles. The van der Waals surface area contributed by atoms with Gasteiger partial charge in [-0.25, -0.2) is 14.7 Å². The maximum atomic E-state index is 12.7. The molecule has 3 heterocycles. The monoisotopic (exact) mass is 392 g/mol. The zero-order chi connectivity index (χ0) is 19.3. The van der Waals surface area contributed by atoms with E-state index in [0.717, 1.165) is 35.5 Å². The molecule has 0 saturated carbocycles. The van der Waals surface area contributed by atoms with Crippen LogP contribution in [0.25, 0.3) is 10.2 Å². The molecule has 0 unspecified atom stereocenters. The Bertz CT molecular complexity index is 1100. The smallest absolute Gasteiger partial charge is 0.321 e. The molecule has 0 spiro atoms. The SMILES string of the molecule is O=C(Nc1ccc2nc(N3C(=O)c4ccccc4C3=O)sc2c1)N1CCCC1. The highest BCUT2D eigenvalue weighted by Gasteiger charge is 2.38.